The Labute approximate surface area is 208 Å². The van der Waals surface area contributed by atoms with Crippen LogP contribution in [0.4, 0.5) is 13.2 Å². The summed E-state index contributed by atoms with van der Waals surface area (Å²) in [6.45, 7) is 2.85. The van der Waals surface area contributed by atoms with Crippen LogP contribution in [-0.2, 0) is 19.8 Å². The Balaban J connectivity index is 1.64. The quantitative estimate of drug-likeness (QED) is 0.434. The highest BCUT2D eigenvalue weighted by atomic mass is 19.4. The van der Waals surface area contributed by atoms with Gasteiger partial charge in [-0.2, -0.15) is 18.3 Å². The van der Waals surface area contributed by atoms with Crippen LogP contribution in [-0.4, -0.2) is 47.9 Å². The van der Waals surface area contributed by atoms with Crippen molar-refractivity contribution in [3.63, 3.8) is 0 Å². The summed E-state index contributed by atoms with van der Waals surface area (Å²) in [6.07, 6.45) is 0.946. The molecule has 0 aromatic carbocycles. The summed E-state index contributed by atoms with van der Waals surface area (Å²) in [6, 6.07) is 3.86. The molecular weight excluding hydrogens is 491 g/mol. The van der Waals surface area contributed by atoms with Gasteiger partial charge in [0.15, 0.2) is 0 Å². The van der Waals surface area contributed by atoms with Crippen LogP contribution in [0.5, 0.6) is 5.75 Å². The van der Waals surface area contributed by atoms with Crippen molar-refractivity contribution in [2.45, 2.75) is 38.6 Å². The van der Waals surface area contributed by atoms with Crippen molar-refractivity contribution >= 4 is 5.52 Å². The lowest BCUT2D eigenvalue weighted by atomic mass is 10.1. The van der Waals surface area contributed by atoms with E-state index in [4.69, 9.17) is 4.74 Å². The van der Waals surface area contributed by atoms with Gasteiger partial charge < -0.3 is 14.6 Å². The minimum absolute atomic E-state index is 0.0462. The largest absolute Gasteiger partial charge is 0.486 e. The van der Waals surface area contributed by atoms with Gasteiger partial charge in [-0.3, -0.25) is 9.36 Å². The maximum absolute atomic E-state index is 13.7. The molecule has 0 aliphatic carbocycles. The van der Waals surface area contributed by atoms with Gasteiger partial charge in [0.1, 0.15) is 29.6 Å². The van der Waals surface area contributed by atoms with Crippen LogP contribution in [0.3, 0.4) is 0 Å². The summed E-state index contributed by atoms with van der Waals surface area (Å²) in [7, 11) is 1.53. The Morgan fingerprint density at radius 1 is 1.24 bits per heavy atom. The van der Waals surface area contributed by atoms with E-state index in [1.807, 2.05) is 0 Å². The van der Waals surface area contributed by atoms with E-state index < -0.39 is 23.1 Å². The highest BCUT2D eigenvalue weighted by molar-refractivity contribution is 5.81. The monoisotopic (exact) mass is 515 g/mol. The first-order valence-corrected chi connectivity index (χ1v) is 11.7. The predicted octanol–water partition coefficient (Wildman–Crippen LogP) is 2.16. The number of ether oxygens (including phenoxy) is 1. The third kappa shape index (κ3) is 4.86. The molecule has 1 fully saturated rings. The fourth-order valence-corrected chi connectivity index (χ4v) is 4.44. The van der Waals surface area contributed by atoms with Gasteiger partial charge in [0, 0.05) is 37.6 Å². The van der Waals surface area contributed by atoms with Crippen LogP contribution in [0.2, 0.25) is 0 Å². The second kappa shape index (κ2) is 9.47. The molecule has 5 rings (SSSR count). The number of aryl methyl sites for hydroxylation is 2. The fraction of sp³-hybridized carbons (Fsp3) is 0.375. The Morgan fingerprint density at radius 3 is 2.78 bits per heavy atom. The Kier molecular flexibility index (Phi) is 6.31. The summed E-state index contributed by atoms with van der Waals surface area (Å²) in [5, 5.41) is 7.41. The third-order valence-corrected chi connectivity index (χ3v) is 6.27. The molecule has 4 aromatic rings. The number of nitrogens with zero attached hydrogens (tertiary/aromatic N) is 6. The fourth-order valence-electron chi connectivity index (χ4n) is 4.44. The van der Waals surface area contributed by atoms with Gasteiger partial charge in [-0.25, -0.2) is 19.3 Å². The third-order valence-electron chi connectivity index (χ3n) is 6.27. The zero-order chi connectivity index (χ0) is 26.3. The van der Waals surface area contributed by atoms with Crippen LogP contribution in [0.15, 0.2) is 46.5 Å². The molecule has 5 heterocycles. The lowest BCUT2D eigenvalue weighted by Crippen LogP contribution is -2.38. The maximum atomic E-state index is 13.7. The minimum atomic E-state index is -4.67. The zero-order valence-electron chi connectivity index (χ0n) is 20.1. The highest BCUT2D eigenvalue weighted by Gasteiger charge is 2.35. The molecule has 1 atom stereocenters. The standard InChI is InChI=1S/C24H24F3N7O3/c1-14-22(37-16-4-3-6-28-10-16)17(9-19(31-14)24(25,26)27)21-18-8-15(12-34(18)30-13-29-21)11-33-20(35)5-7-32(2)23(33)36/h5,7-9,12-13,16,28H,3-4,6,10-11H2,1-2H3. The molecule has 1 aliphatic rings. The first kappa shape index (κ1) is 24.7. The summed E-state index contributed by atoms with van der Waals surface area (Å²) in [5.41, 5.74) is -0.641. The van der Waals surface area contributed by atoms with Crippen molar-refractivity contribution in [1.29, 1.82) is 0 Å². The van der Waals surface area contributed by atoms with E-state index in [2.05, 4.69) is 20.4 Å². The number of pyridine rings is 1. The molecule has 194 valence electrons. The Bertz CT molecular complexity index is 1580. The Morgan fingerprint density at radius 2 is 2.05 bits per heavy atom. The molecule has 0 amide bonds. The van der Waals surface area contributed by atoms with Crippen LogP contribution in [0.1, 0.15) is 29.8 Å². The van der Waals surface area contributed by atoms with E-state index in [9.17, 15) is 22.8 Å². The number of aromatic nitrogens is 6. The van der Waals surface area contributed by atoms with E-state index in [-0.39, 0.29) is 35.3 Å². The number of rotatable bonds is 5. The predicted molar refractivity (Wildman–Crippen MR) is 128 cm³/mol. The molecule has 0 spiro atoms. The van der Waals surface area contributed by atoms with Crippen LogP contribution in [0.25, 0.3) is 16.8 Å². The van der Waals surface area contributed by atoms with Gasteiger partial charge in [0.05, 0.1) is 17.8 Å². The van der Waals surface area contributed by atoms with Gasteiger partial charge in [0.2, 0.25) is 0 Å². The Hall–Kier alpha value is -4.00. The average molecular weight is 515 g/mol. The summed E-state index contributed by atoms with van der Waals surface area (Å²) >= 11 is 0. The first-order valence-electron chi connectivity index (χ1n) is 11.7. The SMILES string of the molecule is Cc1nc(C(F)(F)F)cc(-c2ncnn3cc(Cn4c(=O)ccn(C)c4=O)cc23)c1OC1CCCNC1. The van der Waals surface area contributed by atoms with Gasteiger partial charge in [-0.15, -0.1) is 0 Å². The maximum Gasteiger partial charge on any atom is 0.433 e. The second-order valence-electron chi connectivity index (χ2n) is 8.97. The molecule has 0 radical (unpaired) electrons. The van der Waals surface area contributed by atoms with E-state index in [1.165, 1.54) is 41.6 Å². The first-order chi connectivity index (χ1) is 17.6. The molecule has 37 heavy (non-hydrogen) atoms. The molecule has 0 saturated carbocycles. The van der Waals surface area contributed by atoms with E-state index in [0.29, 0.717) is 17.6 Å². The van der Waals surface area contributed by atoms with Crippen LogP contribution in [0, 0.1) is 6.92 Å². The lowest BCUT2D eigenvalue weighted by molar-refractivity contribution is -0.141. The topological polar surface area (TPSA) is 108 Å². The van der Waals surface area contributed by atoms with Gasteiger partial charge >= 0.3 is 11.9 Å². The van der Waals surface area contributed by atoms with Crippen LogP contribution >= 0.6 is 0 Å². The number of piperidine rings is 1. The van der Waals surface area contributed by atoms with Crippen molar-refractivity contribution in [3.8, 4) is 17.0 Å². The highest BCUT2D eigenvalue weighted by Crippen LogP contribution is 2.39. The van der Waals surface area contributed by atoms with Crippen molar-refractivity contribution < 1.29 is 17.9 Å². The zero-order valence-corrected chi connectivity index (χ0v) is 20.1. The second-order valence-corrected chi connectivity index (χ2v) is 8.97. The van der Waals surface area contributed by atoms with Crippen molar-refractivity contribution in [1.82, 2.24) is 34.0 Å². The number of hydrogen-bond acceptors (Lipinski definition) is 7. The number of hydrogen-bond donors (Lipinski definition) is 1. The summed E-state index contributed by atoms with van der Waals surface area (Å²) < 4.78 is 51.1. The van der Waals surface area contributed by atoms with E-state index in [1.54, 1.807) is 12.3 Å². The smallest absolute Gasteiger partial charge is 0.433 e. The van der Waals surface area contributed by atoms with E-state index >= 15 is 0 Å². The normalized spacial score (nSPS) is 16.3. The molecule has 13 heteroatoms. The molecule has 1 unspecified atom stereocenters. The number of halogens is 3. The number of nitrogens with one attached hydrogen (secondary N) is 1. The average Bonchev–Trinajstić information content (AvgIpc) is 3.28. The molecule has 1 aliphatic heterocycles. The lowest BCUT2D eigenvalue weighted by Gasteiger charge is -2.26. The summed E-state index contributed by atoms with van der Waals surface area (Å²) in [4.78, 5) is 32.8. The summed E-state index contributed by atoms with van der Waals surface area (Å²) in [5.74, 6) is 0.221. The van der Waals surface area contributed by atoms with Crippen molar-refractivity contribution in [2.75, 3.05) is 13.1 Å². The van der Waals surface area contributed by atoms with Gasteiger partial charge in [-0.1, -0.05) is 0 Å². The number of fused-ring (bicyclic) bond motifs is 1. The molecular formula is C24H24F3N7O3. The van der Waals surface area contributed by atoms with Gasteiger partial charge in [-0.05, 0) is 44.0 Å². The minimum Gasteiger partial charge on any atom is -0.486 e. The van der Waals surface area contributed by atoms with E-state index in [0.717, 1.165) is 30.0 Å². The molecule has 0 bridgehead atoms. The molecule has 1 N–H and O–H groups in total. The van der Waals surface area contributed by atoms with Gasteiger partial charge in [0.25, 0.3) is 5.56 Å². The molecule has 1 saturated heterocycles. The van der Waals surface area contributed by atoms with Crippen molar-refractivity contribution in [2.24, 2.45) is 7.05 Å². The van der Waals surface area contributed by atoms with Crippen molar-refractivity contribution in [3.05, 3.63) is 74.7 Å². The number of alkyl halides is 3. The molecule has 4 aromatic heterocycles. The molecule has 10 nitrogen and oxygen atoms in total. The van der Waals surface area contributed by atoms with Crippen LogP contribution < -0.4 is 21.3 Å².